The summed E-state index contributed by atoms with van der Waals surface area (Å²) in [5, 5.41) is 2.68. The highest BCUT2D eigenvalue weighted by Gasteiger charge is 2.43. The third-order valence-corrected chi connectivity index (χ3v) is 6.55. The Morgan fingerprint density at radius 1 is 1.06 bits per heavy atom. The zero-order valence-corrected chi connectivity index (χ0v) is 18.9. The highest BCUT2D eigenvalue weighted by molar-refractivity contribution is 7.98. The minimum absolute atomic E-state index is 0.0965. The van der Waals surface area contributed by atoms with Crippen LogP contribution in [0.3, 0.4) is 0 Å². The van der Waals surface area contributed by atoms with Crippen molar-refractivity contribution in [1.29, 1.82) is 0 Å². The average Bonchev–Trinajstić information content (AvgIpc) is 2.83. The summed E-state index contributed by atoms with van der Waals surface area (Å²) in [6.07, 6.45) is 4.90. The summed E-state index contributed by atoms with van der Waals surface area (Å²) in [5.74, 6) is -2.02. The maximum absolute atomic E-state index is 15.2. The molecular formula is C22H21F3N6O2S. The largest absolute Gasteiger partial charge is 0.471 e. The van der Waals surface area contributed by atoms with E-state index in [1.54, 1.807) is 6.07 Å². The van der Waals surface area contributed by atoms with E-state index in [0.717, 1.165) is 17.3 Å². The second-order valence-electron chi connectivity index (χ2n) is 8.06. The van der Waals surface area contributed by atoms with Gasteiger partial charge >= 0.3 is 0 Å². The van der Waals surface area contributed by atoms with Gasteiger partial charge in [-0.05, 0) is 24.5 Å². The molecule has 34 heavy (non-hydrogen) atoms. The number of fused-ring (bicyclic) bond motifs is 2. The van der Waals surface area contributed by atoms with Crippen LogP contribution in [0.5, 0.6) is 5.88 Å². The van der Waals surface area contributed by atoms with Gasteiger partial charge in [0.2, 0.25) is 11.8 Å². The van der Waals surface area contributed by atoms with Crippen LogP contribution >= 0.6 is 11.8 Å². The monoisotopic (exact) mass is 490 g/mol. The Hall–Kier alpha value is -3.12. The summed E-state index contributed by atoms with van der Waals surface area (Å²) in [5.41, 5.74) is 0.0965. The molecule has 178 valence electrons. The number of nitrogens with zero attached hydrogens (tertiary/aromatic N) is 5. The first-order valence-corrected chi connectivity index (χ1v) is 11.8. The van der Waals surface area contributed by atoms with Crippen LogP contribution in [0.1, 0.15) is 0 Å². The topological polar surface area (TPSA) is 85.3 Å². The molecule has 2 atom stereocenters. The lowest BCUT2D eigenvalue weighted by Crippen LogP contribution is -2.58. The maximum Gasteiger partial charge on any atom is 0.256 e. The second kappa shape index (κ2) is 9.63. The molecule has 2 aliphatic heterocycles. The Balaban J connectivity index is 1.33. The fourth-order valence-corrected chi connectivity index (χ4v) is 4.65. The minimum Gasteiger partial charge on any atom is -0.471 e. The highest BCUT2D eigenvalue weighted by Crippen LogP contribution is 2.34. The first kappa shape index (κ1) is 22.7. The Bertz CT molecular complexity index is 1160. The molecule has 1 aromatic carbocycles. The Labute approximate surface area is 197 Å². The van der Waals surface area contributed by atoms with Gasteiger partial charge in [0.15, 0.2) is 11.6 Å². The number of halogens is 3. The molecule has 4 heterocycles. The zero-order valence-electron chi connectivity index (χ0n) is 18.1. The van der Waals surface area contributed by atoms with E-state index in [0.29, 0.717) is 32.3 Å². The van der Waals surface area contributed by atoms with Crippen molar-refractivity contribution in [2.24, 2.45) is 11.8 Å². The second-order valence-corrected chi connectivity index (χ2v) is 8.94. The van der Waals surface area contributed by atoms with Crippen LogP contribution in [-0.2, 0) is 4.74 Å². The Kier molecular flexibility index (Phi) is 6.42. The molecule has 2 fully saturated rings. The fraction of sp³-hybridized carbons (Fsp3) is 0.364. The lowest BCUT2D eigenvalue weighted by atomic mass is 9.84. The van der Waals surface area contributed by atoms with Gasteiger partial charge in [0.25, 0.3) is 5.88 Å². The first-order chi connectivity index (χ1) is 16.5. The van der Waals surface area contributed by atoms with Crippen molar-refractivity contribution in [3.63, 3.8) is 0 Å². The number of nitrogens with one attached hydrogen (secondary N) is 1. The maximum atomic E-state index is 15.2. The molecule has 0 amide bonds. The van der Waals surface area contributed by atoms with E-state index in [-0.39, 0.29) is 35.3 Å². The van der Waals surface area contributed by atoms with Gasteiger partial charge in [-0.3, -0.25) is 0 Å². The number of hydrogen-bond acceptors (Lipinski definition) is 9. The number of anilines is 3. The molecule has 0 saturated carbocycles. The summed E-state index contributed by atoms with van der Waals surface area (Å²) < 4.78 is 54.5. The Morgan fingerprint density at radius 2 is 1.79 bits per heavy atom. The molecule has 1 N–H and O–H groups in total. The van der Waals surface area contributed by atoms with E-state index in [1.807, 2.05) is 11.2 Å². The van der Waals surface area contributed by atoms with Gasteiger partial charge in [0.05, 0.1) is 31.3 Å². The molecule has 2 unspecified atom stereocenters. The number of rotatable bonds is 6. The number of hydrogen-bond donors (Lipinski definition) is 1. The standard InChI is InChI=1S/C22H21F3N6O2S/c1-34-15-2-3-17(16(24)4-15)30-20-18(25)21(29-11-28-20)33-19-12-7-31(8-13(19)10-32-9-12)22-26-5-14(23)6-27-22/h2-6,11-13,19H,7-10H2,1H3,(H,28,29,30). The van der Waals surface area contributed by atoms with Gasteiger partial charge in [-0.15, -0.1) is 11.8 Å². The van der Waals surface area contributed by atoms with E-state index < -0.39 is 17.5 Å². The lowest BCUT2D eigenvalue weighted by molar-refractivity contribution is -0.0781. The van der Waals surface area contributed by atoms with Crippen molar-refractivity contribution >= 4 is 29.2 Å². The molecular weight excluding hydrogens is 469 g/mol. The Morgan fingerprint density at radius 3 is 2.47 bits per heavy atom. The summed E-state index contributed by atoms with van der Waals surface area (Å²) in [6, 6.07) is 4.62. The third kappa shape index (κ3) is 4.60. The van der Waals surface area contributed by atoms with Crippen LogP contribution in [-0.4, -0.2) is 58.6 Å². The van der Waals surface area contributed by atoms with Crippen molar-refractivity contribution in [3.8, 4) is 5.88 Å². The van der Waals surface area contributed by atoms with Crippen LogP contribution in [0.4, 0.5) is 30.6 Å². The minimum atomic E-state index is -0.806. The third-order valence-electron chi connectivity index (χ3n) is 5.83. The zero-order chi connectivity index (χ0) is 23.7. The van der Waals surface area contributed by atoms with E-state index in [2.05, 4.69) is 25.3 Å². The molecule has 2 bridgehead atoms. The molecule has 2 aromatic heterocycles. The van der Waals surface area contributed by atoms with Crippen molar-refractivity contribution < 1.29 is 22.6 Å². The number of ether oxygens (including phenoxy) is 2. The number of aromatic nitrogens is 4. The highest BCUT2D eigenvalue weighted by atomic mass is 32.2. The summed E-state index contributed by atoms with van der Waals surface area (Å²) in [4.78, 5) is 18.7. The normalized spacial score (nSPS) is 21.9. The predicted octanol–water partition coefficient (Wildman–Crippen LogP) is 3.68. The van der Waals surface area contributed by atoms with Gasteiger partial charge in [-0.2, -0.15) is 9.37 Å². The van der Waals surface area contributed by atoms with Crippen molar-refractivity contribution in [2.75, 3.05) is 42.8 Å². The molecule has 3 aromatic rings. The van der Waals surface area contributed by atoms with Crippen LogP contribution in [0.15, 0.2) is 41.8 Å². The van der Waals surface area contributed by atoms with Crippen LogP contribution in [0, 0.1) is 29.3 Å². The van der Waals surface area contributed by atoms with E-state index in [4.69, 9.17) is 9.47 Å². The first-order valence-electron chi connectivity index (χ1n) is 10.6. The van der Waals surface area contributed by atoms with Gasteiger partial charge in [-0.1, -0.05) is 0 Å². The van der Waals surface area contributed by atoms with Crippen LogP contribution < -0.4 is 15.0 Å². The van der Waals surface area contributed by atoms with Crippen molar-refractivity contribution in [1.82, 2.24) is 19.9 Å². The SMILES string of the molecule is CSc1ccc(Nc2ncnc(OC3C4COCC3CN(c3ncc(F)cn3)C4)c2F)c(F)c1. The van der Waals surface area contributed by atoms with E-state index in [1.165, 1.54) is 30.2 Å². The summed E-state index contributed by atoms with van der Waals surface area (Å²) in [7, 11) is 0. The van der Waals surface area contributed by atoms with Crippen LogP contribution in [0.2, 0.25) is 0 Å². The number of thioether (sulfide) groups is 1. The lowest BCUT2D eigenvalue weighted by Gasteiger charge is -2.46. The molecule has 2 saturated heterocycles. The summed E-state index contributed by atoms with van der Waals surface area (Å²) >= 11 is 1.40. The molecule has 0 radical (unpaired) electrons. The average molecular weight is 491 g/mol. The fourth-order valence-electron chi connectivity index (χ4n) is 4.23. The molecule has 12 heteroatoms. The molecule has 0 aliphatic carbocycles. The van der Waals surface area contributed by atoms with Gasteiger partial charge in [0.1, 0.15) is 18.2 Å². The van der Waals surface area contributed by atoms with E-state index >= 15 is 4.39 Å². The van der Waals surface area contributed by atoms with Crippen LogP contribution in [0.25, 0.3) is 0 Å². The quantitative estimate of drug-likeness (QED) is 0.520. The van der Waals surface area contributed by atoms with Gasteiger partial charge in [-0.25, -0.2) is 23.7 Å². The molecule has 5 rings (SSSR count). The van der Waals surface area contributed by atoms with E-state index in [9.17, 15) is 8.78 Å². The van der Waals surface area contributed by atoms with Gasteiger partial charge < -0.3 is 19.7 Å². The summed E-state index contributed by atoms with van der Waals surface area (Å²) in [6.45, 7) is 1.81. The number of benzene rings is 1. The number of piperidine rings is 1. The van der Waals surface area contributed by atoms with Crippen molar-refractivity contribution in [3.05, 3.63) is 54.4 Å². The molecule has 8 nitrogen and oxygen atoms in total. The predicted molar refractivity (Wildman–Crippen MR) is 120 cm³/mol. The molecule has 0 spiro atoms. The molecule has 2 aliphatic rings. The van der Waals surface area contributed by atoms with Crippen molar-refractivity contribution in [2.45, 2.75) is 11.0 Å². The van der Waals surface area contributed by atoms with Gasteiger partial charge in [0, 0.05) is 29.8 Å². The smallest absolute Gasteiger partial charge is 0.256 e.